The quantitative estimate of drug-likeness (QED) is 0.630. The van der Waals surface area contributed by atoms with Gasteiger partial charge in [0.2, 0.25) is 0 Å². The maximum atomic E-state index is 11.2. The van der Waals surface area contributed by atoms with E-state index in [1.807, 2.05) is 12.1 Å². The Kier molecular flexibility index (Phi) is 3.77. The molecule has 0 aliphatic heterocycles. The zero-order valence-electron chi connectivity index (χ0n) is 10.4. The van der Waals surface area contributed by atoms with E-state index >= 15 is 0 Å². The molecule has 2 rings (SSSR count). The SMILES string of the molecule is [NH2+]=C(c1ccccc1O)C1CCC(C([NH3+])=O)CC1. The molecule has 1 amide bonds. The summed E-state index contributed by atoms with van der Waals surface area (Å²) >= 11 is 0. The zero-order chi connectivity index (χ0) is 13.1. The highest BCUT2D eigenvalue weighted by Crippen LogP contribution is 2.31. The molecule has 0 spiro atoms. The molecule has 1 saturated carbocycles. The molecule has 1 fully saturated rings. The summed E-state index contributed by atoms with van der Waals surface area (Å²) in [5, 5.41) is 15.9. The van der Waals surface area contributed by atoms with E-state index in [9.17, 15) is 9.90 Å². The summed E-state index contributed by atoms with van der Waals surface area (Å²) in [6, 6.07) is 7.13. The molecule has 0 aromatic heterocycles. The van der Waals surface area contributed by atoms with Crippen molar-refractivity contribution in [2.24, 2.45) is 11.8 Å². The van der Waals surface area contributed by atoms with E-state index in [1.54, 1.807) is 12.1 Å². The standard InChI is InChI=1S/C14H18N2O2/c15-13(11-3-1-2-4-12(11)17)9-5-7-10(8-6-9)14(16)18/h1-4,9-10,15,17H,5-8H2,(H2,16,18)/p+2. The Hall–Kier alpha value is -1.68. The molecule has 1 aromatic rings. The highest BCUT2D eigenvalue weighted by molar-refractivity contribution is 6.00. The number of benzene rings is 1. The Balaban J connectivity index is 2.04. The van der Waals surface area contributed by atoms with Crippen LogP contribution < -0.4 is 11.1 Å². The number of hydrogen-bond acceptors (Lipinski definition) is 2. The predicted octanol–water partition coefficient (Wildman–Crippen LogP) is -0.485. The lowest BCUT2D eigenvalue weighted by molar-refractivity contribution is -0.312. The van der Waals surface area contributed by atoms with Crippen LogP contribution in [0.2, 0.25) is 0 Å². The third-order valence-electron chi connectivity index (χ3n) is 3.84. The molecule has 0 unspecified atom stereocenters. The Morgan fingerprint density at radius 1 is 1.17 bits per heavy atom. The minimum atomic E-state index is 0.0366. The number of phenols is 1. The van der Waals surface area contributed by atoms with Crippen molar-refractivity contribution in [1.29, 1.82) is 0 Å². The first kappa shape index (κ1) is 12.8. The van der Waals surface area contributed by atoms with Crippen LogP contribution in [-0.2, 0) is 4.79 Å². The highest BCUT2D eigenvalue weighted by atomic mass is 16.3. The molecule has 18 heavy (non-hydrogen) atoms. The lowest BCUT2D eigenvalue weighted by atomic mass is 9.78. The normalized spacial score (nSPS) is 23.6. The van der Waals surface area contributed by atoms with Crippen molar-refractivity contribution >= 4 is 11.6 Å². The van der Waals surface area contributed by atoms with Gasteiger partial charge < -0.3 is 5.11 Å². The van der Waals surface area contributed by atoms with Crippen LogP contribution >= 0.6 is 0 Å². The second-order valence-electron chi connectivity index (χ2n) is 4.99. The topological polar surface area (TPSA) is 90.5 Å². The van der Waals surface area contributed by atoms with Crippen molar-refractivity contribution in [1.82, 2.24) is 0 Å². The molecule has 4 nitrogen and oxygen atoms in total. The van der Waals surface area contributed by atoms with Crippen LogP contribution in [0.1, 0.15) is 31.2 Å². The molecule has 6 N–H and O–H groups in total. The van der Waals surface area contributed by atoms with Gasteiger partial charge in [-0.15, -0.1) is 0 Å². The molecule has 0 heterocycles. The molecular weight excluding hydrogens is 228 g/mol. The average molecular weight is 248 g/mol. The van der Waals surface area contributed by atoms with E-state index in [1.165, 1.54) is 0 Å². The van der Waals surface area contributed by atoms with Crippen LogP contribution in [0.3, 0.4) is 0 Å². The van der Waals surface area contributed by atoms with Crippen LogP contribution in [0.25, 0.3) is 0 Å². The zero-order valence-corrected chi connectivity index (χ0v) is 10.4. The Morgan fingerprint density at radius 2 is 1.72 bits per heavy atom. The minimum Gasteiger partial charge on any atom is -0.507 e. The number of aromatic hydroxyl groups is 1. The van der Waals surface area contributed by atoms with E-state index < -0.39 is 0 Å². The molecule has 1 aliphatic rings. The molecule has 1 aromatic carbocycles. The average Bonchev–Trinajstić information content (AvgIpc) is 2.38. The number of nitrogens with two attached hydrogens (primary N) is 1. The number of phenolic OH excluding ortho intramolecular Hbond substituents is 1. The maximum absolute atomic E-state index is 11.2. The fraction of sp³-hybridized carbons (Fsp3) is 0.429. The fourth-order valence-corrected chi connectivity index (χ4v) is 2.66. The molecule has 0 saturated heterocycles. The van der Waals surface area contributed by atoms with E-state index in [4.69, 9.17) is 5.41 Å². The monoisotopic (exact) mass is 248 g/mol. The number of hydrogen-bond donors (Lipinski definition) is 3. The maximum Gasteiger partial charge on any atom is 0.311 e. The van der Waals surface area contributed by atoms with Crippen molar-refractivity contribution in [3.05, 3.63) is 29.8 Å². The summed E-state index contributed by atoms with van der Waals surface area (Å²) in [5.41, 5.74) is 4.95. The summed E-state index contributed by atoms with van der Waals surface area (Å²) in [7, 11) is 0. The van der Waals surface area contributed by atoms with Crippen LogP contribution in [0.4, 0.5) is 0 Å². The van der Waals surface area contributed by atoms with E-state index in [0.29, 0.717) is 0 Å². The first-order valence-corrected chi connectivity index (χ1v) is 6.36. The Morgan fingerprint density at radius 3 is 2.28 bits per heavy atom. The van der Waals surface area contributed by atoms with Crippen LogP contribution in [0.15, 0.2) is 24.3 Å². The summed E-state index contributed by atoms with van der Waals surface area (Å²) in [5.74, 6) is 0.618. The lowest BCUT2D eigenvalue weighted by Gasteiger charge is -2.23. The van der Waals surface area contributed by atoms with Gasteiger partial charge in [0.15, 0.2) is 5.71 Å². The first-order valence-electron chi connectivity index (χ1n) is 6.36. The molecule has 0 bridgehead atoms. The number of carbonyl (C=O) groups excluding carboxylic acids is 1. The van der Waals surface area contributed by atoms with Crippen LogP contribution in [-0.4, -0.2) is 16.7 Å². The molecular formula is C14H20N2O2+2. The molecule has 1 aliphatic carbocycles. The molecule has 0 radical (unpaired) electrons. The van der Waals surface area contributed by atoms with Gasteiger partial charge in [-0.3, -0.25) is 11.1 Å². The van der Waals surface area contributed by atoms with Gasteiger partial charge in [0.05, 0.1) is 11.5 Å². The minimum absolute atomic E-state index is 0.0366. The van der Waals surface area contributed by atoms with Gasteiger partial charge in [-0.25, -0.2) is 4.79 Å². The van der Waals surface area contributed by atoms with Gasteiger partial charge in [-0.2, -0.15) is 0 Å². The summed E-state index contributed by atoms with van der Waals surface area (Å²) in [6.07, 6.45) is 3.49. The molecule has 0 atom stereocenters. The van der Waals surface area contributed by atoms with Crippen molar-refractivity contribution in [3.63, 3.8) is 0 Å². The van der Waals surface area contributed by atoms with Crippen molar-refractivity contribution < 1.29 is 21.0 Å². The number of para-hydroxylation sites is 1. The Labute approximate surface area is 106 Å². The van der Waals surface area contributed by atoms with Gasteiger partial charge in [-0.05, 0) is 37.8 Å². The molecule has 96 valence electrons. The van der Waals surface area contributed by atoms with Crippen molar-refractivity contribution in [2.45, 2.75) is 25.7 Å². The lowest BCUT2D eigenvalue weighted by Crippen LogP contribution is -2.61. The summed E-state index contributed by atoms with van der Waals surface area (Å²) < 4.78 is 0. The van der Waals surface area contributed by atoms with Gasteiger partial charge in [0, 0.05) is 5.92 Å². The van der Waals surface area contributed by atoms with Gasteiger partial charge >= 0.3 is 5.91 Å². The number of quaternary nitrogens is 1. The van der Waals surface area contributed by atoms with E-state index in [2.05, 4.69) is 5.73 Å². The fourth-order valence-electron chi connectivity index (χ4n) is 2.66. The number of rotatable bonds is 3. The van der Waals surface area contributed by atoms with E-state index in [-0.39, 0.29) is 23.5 Å². The number of carbonyl (C=O) groups is 1. The second-order valence-corrected chi connectivity index (χ2v) is 4.99. The Bertz CT molecular complexity index is 463. The van der Waals surface area contributed by atoms with Crippen LogP contribution in [0.5, 0.6) is 5.75 Å². The molecule has 4 heteroatoms. The second kappa shape index (κ2) is 5.31. The third kappa shape index (κ3) is 2.59. The van der Waals surface area contributed by atoms with Gasteiger partial charge in [-0.1, -0.05) is 12.1 Å². The predicted molar refractivity (Wildman–Crippen MR) is 67.5 cm³/mol. The largest absolute Gasteiger partial charge is 0.507 e. The smallest absolute Gasteiger partial charge is 0.311 e. The highest BCUT2D eigenvalue weighted by Gasteiger charge is 2.32. The summed E-state index contributed by atoms with van der Waals surface area (Å²) in [4.78, 5) is 11.2. The van der Waals surface area contributed by atoms with Gasteiger partial charge in [0.1, 0.15) is 5.75 Å². The summed E-state index contributed by atoms with van der Waals surface area (Å²) in [6.45, 7) is 0. The first-order chi connectivity index (χ1) is 8.59. The van der Waals surface area contributed by atoms with Crippen molar-refractivity contribution in [2.75, 3.05) is 0 Å². The van der Waals surface area contributed by atoms with E-state index in [0.717, 1.165) is 37.0 Å². The number of amides is 1. The van der Waals surface area contributed by atoms with Crippen molar-refractivity contribution in [3.8, 4) is 5.75 Å². The van der Waals surface area contributed by atoms with Gasteiger partial charge in [0.25, 0.3) is 0 Å². The third-order valence-corrected chi connectivity index (χ3v) is 3.84. The van der Waals surface area contributed by atoms with Crippen LogP contribution in [0, 0.1) is 11.8 Å².